The number of hydrogen-bond acceptors (Lipinski definition) is 3. The van der Waals surface area contributed by atoms with Gasteiger partial charge in [-0.3, -0.25) is 4.68 Å². The Morgan fingerprint density at radius 3 is 3.00 bits per heavy atom. The SMILES string of the molecule is CCNC(CCc1cnn(C)c1)c1ccco1. The average Bonchev–Trinajstić information content (AvgIpc) is 2.95. The van der Waals surface area contributed by atoms with Crippen LogP contribution in [0.2, 0.25) is 0 Å². The highest BCUT2D eigenvalue weighted by molar-refractivity contribution is 5.08. The van der Waals surface area contributed by atoms with Gasteiger partial charge in [0, 0.05) is 13.2 Å². The summed E-state index contributed by atoms with van der Waals surface area (Å²) in [6.45, 7) is 3.05. The second-order valence-electron chi connectivity index (χ2n) is 4.19. The third-order valence-electron chi connectivity index (χ3n) is 2.82. The summed E-state index contributed by atoms with van der Waals surface area (Å²) in [6, 6.07) is 4.25. The molecule has 0 fully saturated rings. The van der Waals surface area contributed by atoms with E-state index in [4.69, 9.17) is 4.42 Å². The molecule has 4 nitrogen and oxygen atoms in total. The molecule has 2 rings (SSSR count). The minimum atomic E-state index is 0.287. The van der Waals surface area contributed by atoms with E-state index in [1.165, 1.54) is 5.56 Å². The van der Waals surface area contributed by atoms with Crippen molar-refractivity contribution >= 4 is 0 Å². The van der Waals surface area contributed by atoms with Gasteiger partial charge in [-0.2, -0.15) is 5.10 Å². The lowest BCUT2D eigenvalue weighted by molar-refractivity contribution is 0.401. The zero-order valence-electron chi connectivity index (χ0n) is 10.4. The molecule has 0 aromatic carbocycles. The molecule has 0 aliphatic heterocycles. The number of aromatic nitrogens is 2. The summed E-state index contributed by atoms with van der Waals surface area (Å²) in [5.74, 6) is 1.01. The highest BCUT2D eigenvalue weighted by Crippen LogP contribution is 2.19. The van der Waals surface area contributed by atoms with E-state index in [0.717, 1.165) is 25.1 Å². The van der Waals surface area contributed by atoms with Crippen molar-refractivity contribution in [1.82, 2.24) is 15.1 Å². The molecule has 0 amide bonds. The van der Waals surface area contributed by atoms with E-state index >= 15 is 0 Å². The number of rotatable bonds is 6. The molecule has 0 aliphatic carbocycles. The van der Waals surface area contributed by atoms with E-state index in [9.17, 15) is 0 Å². The monoisotopic (exact) mass is 233 g/mol. The Hall–Kier alpha value is -1.55. The fourth-order valence-corrected chi connectivity index (χ4v) is 1.99. The van der Waals surface area contributed by atoms with Crippen molar-refractivity contribution in [2.45, 2.75) is 25.8 Å². The topological polar surface area (TPSA) is 43.0 Å². The molecular formula is C13H19N3O. The summed E-state index contributed by atoms with van der Waals surface area (Å²) in [6.07, 6.45) is 7.74. The van der Waals surface area contributed by atoms with E-state index < -0.39 is 0 Å². The van der Waals surface area contributed by atoms with Gasteiger partial charge in [-0.25, -0.2) is 0 Å². The van der Waals surface area contributed by atoms with Crippen LogP contribution in [-0.2, 0) is 13.5 Å². The summed E-state index contributed by atoms with van der Waals surface area (Å²) in [7, 11) is 1.94. The van der Waals surface area contributed by atoms with Crippen LogP contribution >= 0.6 is 0 Å². The van der Waals surface area contributed by atoms with Crippen molar-refractivity contribution in [2.75, 3.05) is 6.54 Å². The Bertz CT molecular complexity index is 433. The van der Waals surface area contributed by atoms with E-state index in [2.05, 4.69) is 23.5 Å². The lowest BCUT2D eigenvalue weighted by Crippen LogP contribution is -2.20. The molecule has 1 N–H and O–H groups in total. The molecule has 0 saturated heterocycles. The lowest BCUT2D eigenvalue weighted by atomic mass is 10.1. The highest BCUT2D eigenvalue weighted by Gasteiger charge is 2.13. The van der Waals surface area contributed by atoms with Crippen LogP contribution in [0.15, 0.2) is 35.2 Å². The number of aryl methyl sites for hydroxylation is 2. The zero-order chi connectivity index (χ0) is 12.1. The predicted molar refractivity (Wildman–Crippen MR) is 66.7 cm³/mol. The molecule has 0 saturated carbocycles. The van der Waals surface area contributed by atoms with Gasteiger partial charge in [0.1, 0.15) is 5.76 Å². The molecule has 0 bridgehead atoms. The van der Waals surface area contributed by atoms with E-state index in [0.29, 0.717) is 0 Å². The first kappa shape index (κ1) is 11.9. The molecule has 0 radical (unpaired) electrons. The van der Waals surface area contributed by atoms with Crippen molar-refractivity contribution in [3.05, 3.63) is 42.1 Å². The molecule has 92 valence electrons. The lowest BCUT2D eigenvalue weighted by Gasteiger charge is -2.14. The van der Waals surface area contributed by atoms with Crippen molar-refractivity contribution in [3.63, 3.8) is 0 Å². The van der Waals surface area contributed by atoms with Gasteiger partial charge in [0.25, 0.3) is 0 Å². The summed E-state index contributed by atoms with van der Waals surface area (Å²) in [5.41, 5.74) is 1.27. The van der Waals surface area contributed by atoms with Gasteiger partial charge in [-0.1, -0.05) is 6.92 Å². The molecule has 0 spiro atoms. The summed E-state index contributed by atoms with van der Waals surface area (Å²) in [5, 5.41) is 7.62. The smallest absolute Gasteiger partial charge is 0.120 e. The first-order valence-electron chi connectivity index (χ1n) is 6.04. The second kappa shape index (κ2) is 5.68. The van der Waals surface area contributed by atoms with Gasteiger partial charge in [0.15, 0.2) is 0 Å². The summed E-state index contributed by atoms with van der Waals surface area (Å²) >= 11 is 0. The van der Waals surface area contributed by atoms with Gasteiger partial charge >= 0.3 is 0 Å². The first-order valence-corrected chi connectivity index (χ1v) is 6.04. The van der Waals surface area contributed by atoms with E-state index in [1.807, 2.05) is 30.1 Å². The fraction of sp³-hybridized carbons (Fsp3) is 0.462. The number of nitrogens with zero attached hydrogens (tertiary/aromatic N) is 2. The molecule has 17 heavy (non-hydrogen) atoms. The average molecular weight is 233 g/mol. The zero-order valence-corrected chi connectivity index (χ0v) is 10.4. The van der Waals surface area contributed by atoms with Gasteiger partial charge in [0.05, 0.1) is 18.5 Å². The minimum absolute atomic E-state index is 0.287. The molecule has 0 aliphatic rings. The molecule has 2 heterocycles. The van der Waals surface area contributed by atoms with Crippen molar-refractivity contribution in [2.24, 2.45) is 7.05 Å². The minimum Gasteiger partial charge on any atom is -0.468 e. The van der Waals surface area contributed by atoms with Gasteiger partial charge in [-0.05, 0) is 37.1 Å². The maximum Gasteiger partial charge on any atom is 0.120 e. The van der Waals surface area contributed by atoms with Crippen LogP contribution in [0.25, 0.3) is 0 Å². The third-order valence-corrected chi connectivity index (χ3v) is 2.82. The molecule has 4 heteroatoms. The fourth-order valence-electron chi connectivity index (χ4n) is 1.99. The predicted octanol–water partition coefficient (Wildman–Crippen LogP) is 2.30. The van der Waals surface area contributed by atoms with Gasteiger partial charge in [0.2, 0.25) is 0 Å². The molecule has 1 atom stereocenters. The molecule has 1 unspecified atom stereocenters. The summed E-state index contributed by atoms with van der Waals surface area (Å²) < 4.78 is 7.30. The Labute approximate surface area is 102 Å². The first-order chi connectivity index (χ1) is 8.29. The van der Waals surface area contributed by atoms with Crippen LogP contribution in [0.5, 0.6) is 0 Å². The Kier molecular flexibility index (Phi) is 3.98. The third kappa shape index (κ3) is 3.20. The number of furan rings is 1. The Morgan fingerprint density at radius 1 is 1.53 bits per heavy atom. The van der Waals surface area contributed by atoms with E-state index in [1.54, 1.807) is 6.26 Å². The van der Waals surface area contributed by atoms with Crippen LogP contribution in [0.1, 0.15) is 30.7 Å². The van der Waals surface area contributed by atoms with Crippen LogP contribution in [0.4, 0.5) is 0 Å². The van der Waals surface area contributed by atoms with Gasteiger partial charge in [-0.15, -0.1) is 0 Å². The number of hydrogen-bond donors (Lipinski definition) is 1. The normalized spacial score (nSPS) is 12.8. The molecule has 2 aromatic rings. The summed E-state index contributed by atoms with van der Waals surface area (Å²) in [4.78, 5) is 0. The molecular weight excluding hydrogens is 214 g/mol. The number of nitrogens with one attached hydrogen (secondary N) is 1. The van der Waals surface area contributed by atoms with Gasteiger partial charge < -0.3 is 9.73 Å². The van der Waals surface area contributed by atoms with Crippen LogP contribution in [0.3, 0.4) is 0 Å². The molecule has 2 aromatic heterocycles. The maximum absolute atomic E-state index is 5.46. The Balaban J connectivity index is 1.94. The largest absolute Gasteiger partial charge is 0.468 e. The second-order valence-corrected chi connectivity index (χ2v) is 4.19. The van der Waals surface area contributed by atoms with E-state index in [-0.39, 0.29) is 6.04 Å². The van der Waals surface area contributed by atoms with Crippen LogP contribution in [-0.4, -0.2) is 16.3 Å². The Morgan fingerprint density at radius 2 is 2.41 bits per heavy atom. The van der Waals surface area contributed by atoms with Crippen molar-refractivity contribution in [3.8, 4) is 0 Å². The standard InChI is InChI=1S/C13H19N3O/c1-3-14-12(13-5-4-8-17-13)7-6-11-9-15-16(2)10-11/h4-5,8-10,12,14H,3,6-7H2,1-2H3. The van der Waals surface area contributed by atoms with Crippen LogP contribution < -0.4 is 5.32 Å². The maximum atomic E-state index is 5.46. The quantitative estimate of drug-likeness (QED) is 0.832. The highest BCUT2D eigenvalue weighted by atomic mass is 16.3. The van der Waals surface area contributed by atoms with Crippen molar-refractivity contribution < 1.29 is 4.42 Å². The van der Waals surface area contributed by atoms with Crippen LogP contribution in [0, 0.1) is 0 Å². The van der Waals surface area contributed by atoms with Crippen molar-refractivity contribution in [1.29, 1.82) is 0 Å².